The number of amides is 3. The Morgan fingerprint density at radius 2 is 1.31 bits per heavy atom. The normalized spacial score (nSPS) is 14.3. The van der Waals surface area contributed by atoms with Gasteiger partial charge in [0.1, 0.15) is 18.1 Å². The number of nitrogens with one attached hydrogen (secondary N) is 5. The van der Waals surface area contributed by atoms with E-state index < -0.39 is 47.9 Å². The molecule has 4 atom stereocenters. The number of aromatic amines is 2. The van der Waals surface area contributed by atoms with Gasteiger partial charge in [-0.2, -0.15) is 12.6 Å². The lowest BCUT2D eigenvalue weighted by atomic mass is 10.0. The van der Waals surface area contributed by atoms with Gasteiger partial charge in [0.05, 0.1) is 6.04 Å². The molecule has 0 spiro atoms. The van der Waals surface area contributed by atoms with Crippen LogP contribution in [0.2, 0.25) is 0 Å². The number of rotatable bonds is 13. The topological polar surface area (TPSA) is 182 Å². The zero-order chi connectivity index (χ0) is 30.4. The number of para-hydroxylation sites is 2. The van der Waals surface area contributed by atoms with Crippen LogP contribution in [0.4, 0.5) is 0 Å². The van der Waals surface area contributed by atoms with Gasteiger partial charge in [0.25, 0.3) is 0 Å². The van der Waals surface area contributed by atoms with Crippen molar-refractivity contribution in [1.29, 1.82) is 0 Å². The summed E-state index contributed by atoms with van der Waals surface area (Å²) >= 11 is 4.22. The van der Waals surface area contributed by atoms with E-state index in [1.54, 1.807) is 26.2 Å². The maximum Gasteiger partial charge on any atom is 0.326 e. The van der Waals surface area contributed by atoms with Gasteiger partial charge >= 0.3 is 5.97 Å². The Balaban J connectivity index is 1.38. The van der Waals surface area contributed by atoms with E-state index in [9.17, 15) is 24.3 Å². The van der Waals surface area contributed by atoms with Crippen molar-refractivity contribution in [3.05, 3.63) is 72.1 Å². The van der Waals surface area contributed by atoms with Gasteiger partial charge in [-0.3, -0.25) is 14.4 Å². The second-order valence-electron chi connectivity index (χ2n) is 10.6. The smallest absolute Gasteiger partial charge is 0.326 e. The Kier molecular flexibility index (Phi) is 9.92. The summed E-state index contributed by atoms with van der Waals surface area (Å²) in [6, 6.07) is 10.9. The number of aliphatic carboxylic acids is 1. The number of carboxylic acid groups (broad SMARTS) is 1. The molecular formula is C30H36N6O5S. The summed E-state index contributed by atoms with van der Waals surface area (Å²) in [5.41, 5.74) is 9.57. The first-order valence-corrected chi connectivity index (χ1v) is 14.3. The molecule has 12 heteroatoms. The van der Waals surface area contributed by atoms with Crippen molar-refractivity contribution in [1.82, 2.24) is 25.9 Å². The van der Waals surface area contributed by atoms with Crippen LogP contribution >= 0.6 is 12.6 Å². The average Bonchev–Trinajstić information content (AvgIpc) is 3.57. The minimum atomic E-state index is -1.22. The highest BCUT2D eigenvalue weighted by atomic mass is 32.1. The van der Waals surface area contributed by atoms with E-state index in [0.717, 1.165) is 32.9 Å². The van der Waals surface area contributed by atoms with Crippen LogP contribution in [0, 0.1) is 5.92 Å². The first-order chi connectivity index (χ1) is 20.1. The van der Waals surface area contributed by atoms with E-state index in [0.29, 0.717) is 0 Å². The summed E-state index contributed by atoms with van der Waals surface area (Å²) in [6.07, 6.45) is 3.82. The summed E-state index contributed by atoms with van der Waals surface area (Å²) in [5, 5.41) is 19.5. The van der Waals surface area contributed by atoms with Crippen LogP contribution in [-0.4, -0.2) is 68.7 Å². The van der Waals surface area contributed by atoms with Crippen molar-refractivity contribution in [3.8, 4) is 0 Å². The monoisotopic (exact) mass is 592 g/mol. The van der Waals surface area contributed by atoms with Crippen molar-refractivity contribution in [3.63, 3.8) is 0 Å². The van der Waals surface area contributed by atoms with E-state index in [4.69, 9.17) is 5.73 Å². The van der Waals surface area contributed by atoms with Crippen molar-refractivity contribution in [2.45, 2.75) is 50.9 Å². The Labute approximate surface area is 248 Å². The Morgan fingerprint density at radius 3 is 1.83 bits per heavy atom. The summed E-state index contributed by atoms with van der Waals surface area (Å²) in [6.45, 7) is 3.46. The summed E-state index contributed by atoms with van der Waals surface area (Å²) in [4.78, 5) is 57.6. The molecule has 0 radical (unpaired) electrons. The molecule has 0 bridgehead atoms. The summed E-state index contributed by atoms with van der Waals surface area (Å²) in [5.74, 6) is -3.43. The van der Waals surface area contributed by atoms with E-state index in [1.165, 1.54) is 0 Å². The van der Waals surface area contributed by atoms with Gasteiger partial charge < -0.3 is 36.8 Å². The number of fused-ring (bicyclic) bond motifs is 2. The van der Waals surface area contributed by atoms with E-state index >= 15 is 0 Å². The Bertz CT molecular complexity index is 1580. The number of benzene rings is 2. The fourth-order valence-corrected chi connectivity index (χ4v) is 5.13. The number of thiol groups is 1. The van der Waals surface area contributed by atoms with E-state index in [1.807, 2.05) is 48.5 Å². The van der Waals surface area contributed by atoms with Crippen LogP contribution in [0.25, 0.3) is 21.8 Å². The molecule has 0 aliphatic rings. The maximum atomic E-state index is 13.2. The minimum absolute atomic E-state index is 0.0396. The number of aromatic nitrogens is 2. The summed E-state index contributed by atoms with van der Waals surface area (Å²) in [7, 11) is 0. The lowest BCUT2D eigenvalue weighted by molar-refractivity contribution is -0.142. The average molecular weight is 593 g/mol. The van der Waals surface area contributed by atoms with Crippen LogP contribution in [-0.2, 0) is 32.0 Å². The number of carboxylic acids is 1. The first-order valence-electron chi connectivity index (χ1n) is 13.7. The third kappa shape index (κ3) is 7.12. The lowest BCUT2D eigenvalue weighted by Crippen LogP contribution is -2.59. The van der Waals surface area contributed by atoms with Gasteiger partial charge in [0.2, 0.25) is 17.7 Å². The predicted octanol–water partition coefficient (Wildman–Crippen LogP) is 1.89. The van der Waals surface area contributed by atoms with E-state index in [-0.39, 0.29) is 24.5 Å². The third-order valence-electron chi connectivity index (χ3n) is 7.23. The SMILES string of the molecule is CC(C)C(NC(=O)C(CS)NC(=O)C(N)Cc1c[nH]c2ccccc12)C(=O)NC(Cc1c[nH]c2ccccc12)C(=O)O. The standard InChI is InChI=1S/C30H36N6O5S/c1-16(2)26(29(39)34-24(30(40)41)12-18-14-33-23-10-6-4-8-20(18)23)36-28(38)25(15-42)35-27(37)21(31)11-17-13-32-22-9-5-3-7-19(17)22/h3-10,13-14,16,21,24-26,32-33,42H,11-12,15,31H2,1-2H3,(H,34,39)(H,35,37)(H,36,38)(H,40,41). The Hall–Kier alpha value is -4.29. The van der Waals surface area contributed by atoms with Gasteiger partial charge in [-0.25, -0.2) is 4.79 Å². The van der Waals surface area contributed by atoms with Gasteiger partial charge in [-0.1, -0.05) is 50.2 Å². The second kappa shape index (κ2) is 13.6. The van der Waals surface area contributed by atoms with Crippen molar-refractivity contribution >= 4 is 58.1 Å². The molecule has 11 nitrogen and oxygen atoms in total. The quantitative estimate of drug-likeness (QED) is 0.110. The second-order valence-corrected chi connectivity index (χ2v) is 11.0. The van der Waals surface area contributed by atoms with Crippen molar-refractivity contribution in [2.24, 2.45) is 11.7 Å². The molecule has 0 saturated heterocycles. The molecule has 0 aliphatic carbocycles. The van der Waals surface area contributed by atoms with Gasteiger partial charge in [0.15, 0.2) is 0 Å². The summed E-state index contributed by atoms with van der Waals surface area (Å²) < 4.78 is 0. The highest BCUT2D eigenvalue weighted by Gasteiger charge is 2.32. The van der Waals surface area contributed by atoms with Crippen LogP contribution in [0.3, 0.4) is 0 Å². The molecule has 4 rings (SSSR count). The predicted molar refractivity (Wildman–Crippen MR) is 164 cm³/mol. The van der Waals surface area contributed by atoms with Crippen LogP contribution in [0.5, 0.6) is 0 Å². The molecule has 0 saturated carbocycles. The van der Waals surface area contributed by atoms with Crippen LogP contribution in [0.1, 0.15) is 25.0 Å². The molecule has 2 aromatic heterocycles. The number of hydrogen-bond donors (Lipinski definition) is 8. The molecule has 42 heavy (non-hydrogen) atoms. The molecule has 0 aliphatic heterocycles. The number of carbonyl (C=O) groups is 4. The van der Waals surface area contributed by atoms with Crippen LogP contribution in [0.15, 0.2) is 60.9 Å². The molecule has 3 amide bonds. The van der Waals surface area contributed by atoms with Crippen LogP contribution < -0.4 is 21.7 Å². The highest BCUT2D eigenvalue weighted by molar-refractivity contribution is 7.80. The molecule has 2 aromatic carbocycles. The number of hydrogen-bond acceptors (Lipinski definition) is 6. The molecule has 4 aromatic rings. The third-order valence-corrected chi connectivity index (χ3v) is 7.59. The fraction of sp³-hybridized carbons (Fsp3) is 0.333. The lowest BCUT2D eigenvalue weighted by Gasteiger charge is -2.26. The number of H-pyrrole nitrogens is 2. The van der Waals surface area contributed by atoms with Crippen molar-refractivity contribution in [2.75, 3.05) is 5.75 Å². The first kappa shape index (κ1) is 30.7. The molecule has 8 N–H and O–H groups in total. The van der Waals surface area contributed by atoms with Crippen molar-refractivity contribution < 1.29 is 24.3 Å². The largest absolute Gasteiger partial charge is 0.480 e. The van der Waals surface area contributed by atoms with E-state index in [2.05, 4.69) is 38.5 Å². The Morgan fingerprint density at radius 1 is 0.786 bits per heavy atom. The maximum absolute atomic E-state index is 13.2. The molecular weight excluding hydrogens is 556 g/mol. The molecule has 222 valence electrons. The van der Waals surface area contributed by atoms with Gasteiger partial charge in [-0.05, 0) is 35.6 Å². The minimum Gasteiger partial charge on any atom is -0.480 e. The van der Waals surface area contributed by atoms with Gasteiger partial charge in [0, 0.05) is 46.4 Å². The molecule has 0 fully saturated rings. The highest BCUT2D eigenvalue weighted by Crippen LogP contribution is 2.20. The van der Waals surface area contributed by atoms with Gasteiger partial charge in [-0.15, -0.1) is 0 Å². The number of nitrogens with two attached hydrogens (primary N) is 1. The molecule has 2 heterocycles. The fourth-order valence-electron chi connectivity index (χ4n) is 4.87. The zero-order valence-corrected chi connectivity index (χ0v) is 24.3. The zero-order valence-electron chi connectivity index (χ0n) is 23.4. The number of carbonyl (C=O) groups excluding carboxylic acids is 3. The molecule has 4 unspecified atom stereocenters.